The quantitative estimate of drug-likeness (QED) is 0.451. The largest absolute Gasteiger partial charge is 0.368 e. The molecule has 7 heteroatoms. The zero-order valence-corrected chi connectivity index (χ0v) is 14.1. The summed E-state index contributed by atoms with van der Waals surface area (Å²) in [6.07, 6.45) is 4.19. The number of anilines is 3. The van der Waals surface area contributed by atoms with E-state index in [-0.39, 0.29) is 5.95 Å². The van der Waals surface area contributed by atoms with Crippen molar-refractivity contribution >= 4 is 30.0 Å². The molecule has 0 saturated carbocycles. The van der Waals surface area contributed by atoms with Gasteiger partial charge in [-0.15, -0.1) is 0 Å². The van der Waals surface area contributed by atoms with E-state index in [4.69, 9.17) is 5.73 Å². The molecule has 0 aliphatic heterocycles. The summed E-state index contributed by atoms with van der Waals surface area (Å²) in [5, 5.41) is 8.30. The minimum atomic E-state index is 0.130. The lowest BCUT2D eigenvalue weighted by atomic mass is 10.2. The molecule has 3 aromatic rings. The van der Waals surface area contributed by atoms with Crippen molar-refractivity contribution in [1.82, 2.24) is 9.97 Å². The Labute approximate surface area is 151 Å². The predicted octanol–water partition coefficient (Wildman–Crippen LogP) is 3.15. The van der Waals surface area contributed by atoms with E-state index in [0.29, 0.717) is 11.6 Å². The van der Waals surface area contributed by atoms with Gasteiger partial charge in [-0.25, -0.2) is 0 Å². The van der Waals surface area contributed by atoms with Gasteiger partial charge in [-0.05, 0) is 11.1 Å². The lowest BCUT2D eigenvalue weighted by Gasteiger charge is -2.04. The molecule has 0 aliphatic rings. The third kappa shape index (κ3) is 5.41. The van der Waals surface area contributed by atoms with Gasteiger partial charge >= 0.3 is 0 Å². The standard InChI is InChI=1S/C19H19N7/c20-19-23-17(25-21-12-11-15-7-3-1-4-8-15)13-18(24-19)26-22-14-16-9-5-2-6-10-16/h1-10,12-14H,11H2,(H4,20,23,24,25,26)/b21-12+,22-14+. The Bertz CT molecular complexity index is 877. The van der Waals surface area contributed by atoms with E-state index in [0.717, 1.165) is 12.0 Å². The van der Waals surface area contributed by atoms with Gasteiger partial charge in [0.05, 0.1) is 6.21 Å². The van der Waals surface area contributed by atoms with Crippen molar-refractivity contribution in [3.63, 3.8) is 0 Å². The number of nitrogens with one attached hydrogen (secondary N) is 2. The van der Waals surface area contributed by atoms with Crippen molar-refractivity contribution in [1.29, 1.82) is 0 Å². The Morgan fingerprint density at radius 3 is 2.15 bits per heavy atom. The normalized spacial score (nSPS) is 11.1. The van der Waals surface area contributed by atoms with Gasteiger partial charge in [0.2, 0.25) is 5.95 Å². The summed E-state index contributed by atoms with van der Waals surface area (Å²) in [6.45, 7) is 0. The molecule has 1 aromatic heterocycles. The summed E-state index contributed by atoms with van der Waals surface area (Å²) in [5.41, 5.74) is 13.6. The zero-order valence-electron chi connectivity index (χ0n) is 14.1. The number of hydrazone groups is 2. The lowest BCUT2D eigenvalue weighted by molar-refractivity contribution is 1.13. The molecule has 0 atom stereocenters. The number of hydrogen-bond donors (Lipinski definition) is 3. The van der Waals surface area contributed by atoms with Crippen LogP contribution in [-0.4, -0.2) is 22.4 Å². The van der Waals surface area contributed by atoms with E-state index in [9.17, 15) is 0 Å². The number of rotatable bonds is 7. The minimum Gasteiger partial charge on any atom is -0.368 e. The van der Waals surface area contributed by atoms with Crippen molar-refractivity contribution in [2.24, 2.45) is 10.2 Å². The lowest BCUT2D eigenvalue weighted by Crippen LogP contribution is -2.03. The monoisotopic (exact) mass is 345 g/mol. The van der Waals surface area contributed by atoms with Crippen LogP contribution < -0.4 is 16.6 Å². The topological polar surface area (TPSA) is 101 Å². The van der Waals surface area contributed by atoms with Gasteiger partial charge in [0.1, 0.15) is 0 Å². The van der Waals surface area contributed by atoms with Gasteiger partial charge in [0, 0.05) is 18.7 Å². The first-order chi connectivity index (χ1) is 12.8. The summed E-state index contributed by atoms with van der Waals surface area (Å²) in [6, 6.07) is 21.5. The summed E-state index contributed by atoms with van der Waals surface area (Å²) >= 11 is 0. The fourth-order valence-corrected chi connectivity index (χ4v) is 2.17. The van der Waals surface area contributed by atoms with Gasteiger partial charge in [0.25, 0.3) is 0 Å². The maximum absolute atomic E-state index is 5.73. The van der Waals surface area contributed by atoms with Crippen molar-refractivity contribution in [2.75, 3.05) is 16.6 Å². The minimum absolute atomic E-state index is 0.130. The maximum atomic E-state index is 5.73. The molecule has 7 nitrogen and oxygen atoms in total. The average molecular weight is 345 g/mol. The zero-order chi connectivity index (χ0) is 18.0. The summed E-state index contributed by atoms with van der Waals surface area (Å²) in [4.78, 5) is 8.19. The molecule has 0 fully saturated rings. The van der Waals surface area contributed by atoms with Crippen molar-refractivity contribution in [3.05, 3.63) is 77.9 Å². The first-order valence-corrected chi connectivity index (χ1v) is 8.10. The van der Waals surface area contributed by atoms with Crippen LogP contribution in [-0.2, 0) is 6.42 Å². The van der Waals surface area contributed by atoms with Gasteiger partial charge in [-0.3, -0.25) is 10.9 Å². The Hall–Kier alpha value is -3.74. The fourth-order valence-electron chi connectivity index (χ4n) is 2.17. The van der Waals surface area contributed by atoms with Gasteiger partial charge in [0.15, 0.2) is 11.6 Å². The number of nitrogens with two attached hydrogens (primary N) is 1. The molecule has 26 heavy (non-hydrogen) atoms. The van der Waals surface area contributed by atoms with Crippen LogP contribution in [0.1, 0.15) is 11.1 Å². The number of nitrogen functional groups attached to an aromatic ring is 1. The summed E-state index contributed by atoms with van der Waals surface area (Å²) in [5.74, 6) is 1.09. The van der Waals surface area contributed by atoms with E-state index in [1.165, 1.54) is 5.56 Å². The summed E-state index contributed by atoms with van der Waals surface area (Å²) < 4.78 is 0. The number of nitrogens with zero attached hydrogens (tertiary/aromatic N) is 4. The molecule has 0 saturated heterocycles. The highest BCUT2D eigenvalue weighted by Crippen LogP contribution is 2.12. The van der Waals surface area contributed by atoms with Crippen LogP contribution >= 0.6 is 0 Å². The molecule has 0 aliphatic carbocycles. The first kappa shape index (κ1) is 17.1. The van der Waals surface area contributed by atoms with Crippen LogP contribution in [0.15, 0.2) is 76.9 Å². The van der Waals surface area contributed by atoms with E-state index in [1.807, 2.05) is 60.7 Å². The molecule has 3 rings (SSSR count). The third-order valence-electron chi connectivity index (χ3n) is 3.38. The predicted molar refractivity (Wildman–Crippen MR) is 106 cm³/mol. The van der Waals surface area contributed by atoms with Crippen LogP contribution in [0, 0.1) is 0 Å². The first-order valence-electron chi connectivity index (χ1n) is 8.10. The van der Waals surface area contributed by atoms with Crippen LogP contribution in [0.5, 0.6) is 0 Å². The van der Waals surface area contributed by atoms with E-state index in [1.54, 1.807) is 18.5 Å². The van der Waals surface area contributed by atoms with Gasteiger partial charge in [-0.1, -0.05) is 60.7 Å². The number of hydrogen-bond acceptors (Lipinski definition) is 7. The van der Waals surface area contributed by atoms with E-state index in [2.05, 4.69) is 31.0 Å². The molecular formula is C19H19N7. The Morgan fingerprint density at radius 2 is 1.46 bits per heavy atom. The highest BCUT2D eigenvalue weighted by Gasteiger charge is 2.00. The summed E-state index contributed by atoms with van der Waals surface area (Å²) in [7, 11) is 0. The van der Waals surface area contributed by atoms with Crippen LogP contribution in [0.25, 0.3) is 0 Å². The van der Waals surface area contributed by atoms with E-state index >= 15 is 0 Å². The fraction of sp³-hybridized carbons (Fsp3) is 0.0526. The van der Waals surface area contributed by atoms with Crippen LogP contribution in [0.3, 0.4) is 0 Å². The van der Waals surface area contributed by atoms with Gasteiger partial charge < -0.3 is 5.73 Å². The van der Waals surface area contributed by atoms with Crippen molar-refractivity contribution in [3.8, 4) is 0 Å². The molecule has 0 amide bonds. The molecule has 2 aromatic carbocycles. The third-order valence-corrected chi connectivity index (χ3v) is 3.38. The van der Waals surface area contributed by atoms with Crippen molar-refractivity contribution < 1.29 is 0 Å². The second-order valence-corrected chi connectivity index (χ2v) is 5.39. The van der Waals surface area contributed by atoms with E-state index < -0.39 is 0 Å². The molecular weight excluding hydrogens is 326 g/mol. The maximum Gasteiger partial charge on any atom is 0.224 e. The Kier molecular flexibility index (Phi) is 5.87. The molecule has 0 unspecified atom stereocenters. The number of aromatic nitrogens is 2. The molecule has 0 bridgehead atoms. The van der Waals surface area contributed by atoms with Crippen LogP contribution in [0.2, 0.25) is 0 Å². The smallest absolute Gasteiger partial charge is 0.224 e. The number of benzene rings is 2. The van der Waals surface area contributed by atoms with Gasteiger partial charge in [-0.2, -0.15) is 20.2 Å². The Morgan fingerprint density at radius 1 is 0.846 bits per heavy atom. The SMILES string of the molecule is Nc1nc(N/N=C/Cc2ccccc2)cc(N/N=C/c2ccccc2)n1. The highest BCUT2D eigenvalue weighted by molar-refractivity contribution is 5.80. The molecule has 1 heterocycles. The second kappa shape index (κ2) is 8.93. The van der Waals surface area contributed by atoms with Crippen LogP contribution in [0.4, 0.5) is 17.6 Å². The highest BCUT2D eigenvalue weighted by atomic mass is 15.3. The molecule has 130 valence electrons. The molecule has 4 N–H and O–H groups in total. The second-order valence-electron chi connectivity index (χ2n) is 5.39. The average Bonchev–Trinajstić information content (AvgIpc) is 2.67. The molecule has 0 radical (unpaired) electrons. The Balaban J connectivity index is 1.57. The van der Waals surface area contributed by atoms with Crippen molar-refractivity contribution in [2.45, 2.75) is 6.42 Å². The molecule has 0 spiro atoms.